The first kappa shape index (κ1) is 7.42. The molecule has 2 heteroatoms. The molecule has 1 aromatic carbocycles. The zero-order valence-corrected chi connectivity index (χ0v) is 9.02. The van der Waals surface area contributed by atoms with Gasteiger partial charge in [0.05, 0.1) is 0 Å². The number of rotatable bonds is 1. The van der Waals surface area contributed by atoms with E-state index in [0.29, 0.717) is 0 Å². The summed E-state index contributed by atoms with van der Waals surface area (Å²) in [7, 11) is 0. The molecule has 0 aliphatic carbocycles. The van der Waals surface area contributed by atoms with Gasteiger partial charge in [-0.1, -0.05) is 0 Å². The molecule has 46 valence electrons. The van der Waals surface area contributed by atoms with Crippen LogP contribution in [0.25, 0.3) is 0 Å². The van der Waals surface area contributed by atoms with Gasteiger partial charge in [0.1, 0.15) is 0 Å². The Morgan fingerprint density at radius 3 is 2.44 bits per heavy atom. The van der Waals surface area contributed by atoms with E-state index in [0.717, 1.165) is 9.46 Å². The first-order valence-corrected chi connectivity index (χ1v) is 5.49. The second-order valence-electron chi connectivity index (χ2n) is 1.80. The Balaban J connectivity index is 3.01. The molecule has 0 saturated carbocycles. The average molecular weight is 245 g/mol. The van der Waals surface area contributed by atoms with Crippen LogP contribution in [0.15, 0.2) is 24.3 Å². The molecule has 0 aliphatic rings. The third kappa shape index (κ3) is 1.87. The van der Waals surface area contributed by atoms with Crippen LogP contribution in [-0.4, -0.2) is 22.5 Å². The van der Waals surface area contributed by atoms with Gasteiger partial charge in [0.15, 0.2) is 0 Å². The molecule has 0 nitrogen and oxygen atoms in total. The molecule has 0 unspecified atom stereocenters. The number of hydrogen-bond donors (Lipinski definition) is 0. The Kier molecular flexibility index (Phi) is 2.86. The van der Waals surface area contributed by atoms with Gasteiger partial charge >= 0.3 is 73.4 Å². The molecular weight excluding hydrogens is 238 g/mol. The standard InChI is InChI=1S/C7H6Cl.Sn.H/c1-6-4-2-3-5-7(6)8;;/h2-5H,1H2;;. The third-order valence-corrected chi connectivity index (χ3v) is 2.80. The van der Waals surface area contributed by atoms with Crippen LogP contribution in [-0.2, 0) is 4.44 Å². The van der Waals surface area contributed by atoms with Crippen LogP contribution >= 0.6 is 11.6 Å². The Hall–Kier alpha value is 0.309. The van der Waals surface area contributed by atoms with E-state index in [1.165, 1.54) is 28.1 Å². The van der Waals surface area contributed by atoms with E-state index in [4.69, 9.17) is 11.6 Å². The number of halogens is 1. The molecule has 0 N–H and O–H groups in total. The van der Waals surface area contributed by atoms with E-state index in [1.807, 2.05) is 18.2 Å². The maximum atomic E-state index is 5.85. The van der Waals surface area contributed by atoms with Gasteiger partial charge in [-0.3, -0.25) is 0 Å². The van der Waals surface area contributed by atoms with Gasteiger partial charge in [-0.25, -0.2) is 0 Å². The molecule has 0 amide bonds. The molecule has 1 rings (SSSR count). The van der Waals surface area contributed by atoms with Crippen LogP contribution < -0.4 is 0 Å². The van der Waals surface area contributed by atoms with Crippen LogP contribution in [0, 0.1) is 0 Å². The summed E-state index contributed by atoms with van der Waals surface area (Å²) in [6.07, 6.45) is 0. The van der Waals surface area contributed by atoms with E-state index >= 15 is 0 Å². The summed E-state index contributed by atoms with van der Waals surface area (Å²) in [6.45, 7) is 0. The summed E-state index contributed by atoms with van der Waals surface area (Å²) in [5.41, 5.74) is 1.28. The van der Waals surface area contributed by atoms with E-state index in [1.54, 1.807) is 0 Å². The van der Waals surface area contributed by atoms with Crippen molar-refractivity contribution in [3.63, 3.8) is 0 Å². The minimum absolute atomic E-state index is 0.908. The maximum absolute atomic E-state index is 5.85. The van der Waals surface area contributed by atoms with Crippen molar-refractivity contribution in [2.24, 2.45) is 0 Å². The molecule has 9 heavy (non-hydrogen) atoms. The fourth-order valence-corrected chi connectivity index (χ4v) is 2.26. The fourth-order valence-electron chi connectivity index (χ4n) is 0.664. The van der Waals surface area contributed by atoms with E-state index < -0.39 is 0 Å². The fraction of sp³-hybridized carbons (Fsp3) is 0.143. The Morgan fingerprint density at radius 2 is 2.00 bits per heavy atom. The van der Waals surface area contributed by atoms with Crippen molar-refractivity contribution in [3.05, 3.63) is 34.9 Å². The van der Waals surface area contributed by atoms with Gasteiger partial charge in [-0.2, -0.15) is 0 Å². The molecule has 0 atom stereocenters. The summed E-state index contributed by atoms with van der Waals surface area (Å²) in [6, 6.07) is 8.00. The second kappa shape index (κ2) is 3.47. The van der Waals surface area contributed by atoms with Crippen molar-refractivity contribution in [2.75, 3.05) is 0 Å². The summed E-state index contributed by atoms with van der Waals surface area (Å²) < 4.78 is 1.14. The molecule has 2 radical (unpaired) electrons. The van der Waals surface area contributed by atoms with Gasteiger partial charge < -0.3 is 0 Å². The first-order valence-electron chi connectivity index (χ1n) is 2.78. The predicted molar refractivity (Wildman–Crippen MR) is 42.3 cm³/mol. The number of benzene rings is 1. The third-order valence-electron chi connectivity index (χ3n) is 1.18. The van der Waals surface area contributed by atoms with Crippen LogP contribution in [0.3, 0.4) is 0 Å². The first-order chi connectivity index (χ1) is 4.34. The Bertz CT molecular complexity index is 198. The van der Waals surface area contributed by atoms with Crippen molar-refractivity contribution in [1.29, 1.82) is 0 Å². The van der Waals surface area contributed by atoms with E-state index in [2.05, 4.69) is 6.07 Å². The molecule has 0 heterocycles. The van der Waals surface area contributed by atoms with Crippen LogP contribution in [0.1, 0.15) is 5.56 Å². The molecule has 0 fully saturated rings. The molecule has 0 spiro atoms. The molecule has 0 aromatic heterocycles. The van der Waals surface area contributed by atoms with Crippen molar-refractivity contribution >= 4 is 34.1 Å². The molecule has 0 saturated heterocycles. The van der Waals surface area contributed by atoms with Gasteiger partial charge in [0.25, 0.3) is 0 Å². The predicted octanol–water partition coefficient (Wildman–Crippen LogP) is 1.74. The quantitative estimate of drug-likeness (QED) is 0.661. The van der Waals surface area contributed by atoms with Crippen LogP contribution in [0.4, 0.5) is 0 Å². The molecular formula is C7H7ClSn. The van der Waals surface area contributed by atoms with E-state index in [-0.39, 0.29) is 0 Å². The summed E-state index contributed by atoms with van der Waals surface area (Å²) in [4.78, 5) is 0. The zero-order valence-electron chi connectivity index (χ0n) is 4.97. The topological polar surface area (TPSA) is 0 Å². The van der Waals surface area contributed by atoms with Gasteiger partial charge in [0.2, 0.25) is 0 Å². The second-order valence-corrected chi connectivity index (χ2v) is 3.37. The Morgan fingerprint density at radius 1 is 1.33 bits per heavy atom. The summed E-state index contributed by atoms with van der Waals surface area (Å²) >= 11 is 7.09. The van der Waals surface area contributed by atoms with E-state index in [9.17, 15) is 0 Å². The monoisotopic (exact) mass is 246 g/mol. The summed E-state index contributed by atoms with van der Waals surface area (Å²) in [5, 5.41) is 0.908. The van der Waals surface area contributed by atoms with Gasteiger partial charge in [-0.05, 0) is 0 Å². The molecule has 0 bridgehead atoms. The Labute approximate surface area is 73.3 Å². The SMILES string of the molecule is Clc1ccccc1[CH2][SnH]. The van der Waals surface area contributed by atoms with Gasteiger partial charge in [-0.15, -0.1) is 0 Å². The zero-order chi connectivity index (χ0) is 6.69. The van der Waals surface area contributed by atoms with Crippen molar-refractivity contribution in [2.45, 2.75) is 4.44 Å². The average Bonchev–Trinajstić information content (AvgIpc) is 1.89. The molecule has 1 aromatic rings. The van der Waals surface area contributed by atoms with Crippen molar-refractivity contribution in [3.8, 4) is 0 Å². The van der Waals surface area contributed by atoms with Crippen molar-refractivity contribution < 1.29 is 0 Å². The molecule has 0 aliphatic heterocycles. The normalized spacial score (nSPS) is 9.56. The van der Waals surface area contributed by atoms with Crippen molar-refractivity contribution in [1.82, 2.24) is 0 Å². The van der Waals surface area contributed by atoms with Crippen LogP contribution in [0.2, 0.25) is 5.02 Å². The van der Waals surface area contributed by atoms with Crippen LogP contribution in [0.5, 0.6) is 0 Å². The van der Waals surface area contributed by atoms with Gasteiger partial charge in [0, 0.05) is 0 Å². The summed E-state index contributed by atoms with van der Waals surface area (Å²) in [5.74, 6) is 0. The number of hydrogen-bond acceptors (Lipinski definition) is 0. The minimum atomic E-state index is 0.908.